The van der Waals surface area contributed by atoms with Crippen molar-refractivity contribution in [2.75, 3.05) is 6.16 Å². The van der Waals surface area contributed by atoms with Gasteiger partial charge in [0.2, 0.25) is 0 Å². The molecule has 20 heavy (non-hydrogen) atoms. The third-order valence-corrected chi connectivity index (χ3v) is 3.74. The smallest absolute Gasteiger partial charge is 0.0250 e. The molecule has 1 fully saturated rings. The summed E-state index contributed by atoms with van der Waals surface area (Å²) < 4.78 is 0. The van der Waals surface area contributed by atoms with Gasteiger partial charge in [-0.2, -0.15) is 0 Å². The molecule has 1 aliphatic carbocycles. The summed E-state index contributed by atoms with van der Waals surface area (Å²) in [7, 11) is 2.58. The van der Waals surface area contributed by atoms with Crippen LogP contribution in [-0.4, -0.2) is 6.16 Å². The van der Waals surface area contributed by atoms with Crippen LogP contribution in [0, 0.1) is 18.8 Å². The van der Waals surface area contributed by atoms with E-state index in [9.17, 15) is 0 Å². The van der Waals surface area contributed by atoms with Crippen molar-refractivity contribution in [1.82, 2.24) is 0 Å². The molecule has 1 aromatic carbocycles. The first-order valence-electron chi connectivity index (χ1n) is 8.41. The van der Waals surface area contributed by atoms with Gasteiger partial charge in [0, 0.05) is 0 Å². The summed E-state index contributed by atoms with van der Waals surface area (Å²) in [5.41, 5.74) is 2.94. The van der Waals surface area contributed by atoms with Crippen molar-refractivity contribution in [3.05, 3.63) is 35.4 Å². The average Bonchev–Trinajstić information content (AvgIpc) is 2.45. The maximum atomic E-state index is 2.58. The van der Waals surface area contributed by atoms with Crippen LogP contribution in [0.4, 0.5) is 0 Å². The molecule has 1 unspecified atom stereocenters. The molecule has 1 heteroatoms. The molecule has 0 N–H and O–H groups in total. The molecule has 0 heterocycles. The lowest BCUT2D eigenvalue weighted by molar-refractivity contribution is 0.289. The molecular formula is C19H35P. The molecule has 0 aromatic heterocycles. The molecule has 0 spiro atoms. The molecule has 116 valence electrons. The largest absolute Gasteiger partial charge is 0.138 e. The van der Waals surface area contributed by atoms with Gasteiger partial charge in [-0.3, -0.25) is 0 Å². The highest BCUT2D eigenvalue weighted by molar-refractivity contribution is 7.16. The molecule has 0 radical (unpaired) electrons. The van der Waals surface area contributed by atoms with Gasteiger partial charge in [-0.1, -0.05) is 70.4 Å². The molecule has 1 aliphatic rings. The van der Waals surface area contributed by atoms with Crippen LogP contribution in [0.3, 0.4) is 0 Å². The minimum Gasteiger partial charge on any atom is -0.138 e. The normalized spacial score (nSPS) is 21.1. The van der Waals surface area contributed by atoms with E-state index in [-0.39, 0.29) is 0 Å². The number of hydrogen-bond donors (Lipinski definition) is 0. The van der Waals surface area contributed by atoms with Gasteiger partial charge in [-0.25, -0.2) is 0 Å². The zero-order valence-corrected chi connectivity index (χ0v) is 15.4. The Bertz CT molecular complexity index is 324. The van der Waals surface area contributed by atoms with Gasteiger partial charge in [0.25, 0.3) is 0 Å². The Labute approximate surface area is 130 Å². The van der Waals surface area contributed by atoms with Gasteiger partial charge >= 0.3 is 0 Å². The zero-order valence-electron chi connectivity index (χ0n) is 14.3. The van der Waals surface area contributed by atoms with E-state index in [1.54, 1.807) is 0 Å². The number of rotatable bonds is 2. The lowest BCUT2D eigenvalue weighted by atomic mass is 9.80. The molecule has 0 bridgehead atoms. The maximum Gasteiger partial charge on any atom is -0.0250 e. The van der Waals surface area contributed by atoms with Crippen molar-refractivity contribution in [2.24, 2.45) is 11.8 Å². The summed E-state index contributed by atoms with van der Waals surface area (Å²) in [5.74, 6) is 1.92. The summed E-state index contributed by atoms with van der Waals surface area (Å²) in [6.45, 7) is 10.7. The number of benzene rings is 1. The first kappa shape index (κ1) is 19.7. The maximum absolute atomic E-state index is 2.58. The first-order chi connectivity index (χ1) is 9.65. The van der Waals surface area contributed by atoms with Gasteiger partial charge in [0.1, 0.15) is 0 Å². The van der Waals surface area contributed by atoms with Crippen molar-refractivity contribution >= 4 is 9.24 Å². The molecular weight excluding hydrogens is 259 g/mol. The highest BCUT2D eigenvalue weighted by Gasteiger charge is 2.18. The highest BCUT2D eigenvalue weighted by atomic mass is 31.0. The van der Waals surface area contributed by atoms with Gasteiger partial charge in [-0.05, 0) is 49.7 Å². The van der Waals surface area contributed by atoms with Crippen LogP contribution >= 0.6 is 9.24 Å². The van der Waals surface area contributed by atoms with E-state index in [1.165, 1.54) is 49.4 Å². The fourth-order valence-corrected chi connectivity index (χ4v) is 2.71. The number of hydrogen-bond acceptors (Lipinski definition) is 0. The second kappa shape index (κ2) is 12.4. The van der Waals surface area contributed by atoms with Crippen LogP contribution in [0.25, 0.3) is 0 Å². The first-order valence-corrected chi connectivity index (χ1v) is 9.23. The molecule has 2 rings (SSSR count). The summed E-state index contributed by atoms with van der Waals surface area (Å²) in [4.78, 5) is 0. The monoisotopic (exact) mass is 294 g/mol. The highest BCUT2D eigenvalue weighted by Crippen LogP contribution is 2.30. The molecule has 0 amide bonds. The molecule has 0 aliphatic heterocycles. The Morgan fingerprint density at radius 3 is 2.15 bits per heavy atom. The summed E-state index contributed by atoms with van der Waals surface area (Å²) in [6, 6.07) is 9.01. The fourth-order valence-electron chi connectivity index (χ4n) is 2.71. The van der Waals surface area contributed by atoms with Crippen molar-refractivity contribution in [1.29, 1.82) is 0 Å². The standard InChI is InChI=1S/C15H22.C2H7P.C2H6/c1-12-6-8-14(9-7-12)11-15-5-3-4-13(2)10-15;1-2-3;1-2/h3-5,10,12,14H,6-9,11H2,1-2H3;2-3H2,1H3;1-2H3. The second-order valence-electron chi connectivity index (χ2n) is 5.73. The van der Waals surface area contributed by atoms with E-state index in [1.807, 2.05) is 13.8 Å². The summed E-state index contributed by atoms with van der Waals surface area (Å²) in [5, 5.41) is 0. The third kappa shape index (κ3) is 8.75. The second-order valence-corrected chi connectivity index (χ2v) is 6.54. The lowest BCUT2D eigenvalue weighted by Gasteiger charge is -2.26. The Balaban J connectivity index is 0.000000641. The van der Waals surface area contributed by atoms with Gasteiger partial charge < -0.3 is 0 Å². The van der Waals surface area contributed by atoms with E-state index in [4.69, 9.17) is 0 Å². The van der Waals surface area contributed by atoms with E-state index in [0.717, 1.165) is 11.8 Å². The van der Waals surface area contributed by atoms with Crippen LogP contribution < -0.4 is 0 Å². The molecule has 0 saturated heterocycles. The van der Waals surface area contributed by atoms with Crippen molar-refractivity contribution in [3.8, 4) is 0 Å². The van der Waals surface area contributed by atoms with Crippen LogP contribution in [0.15, 0.2) is 24.3 Å². The predicted molar refractivity (Wildman–Crippen MR) is 97.6 cm³/mol. The Morgan fingerprint density at radius 1 is 1.10 bits per heavy atom. The van der Waals surface area contributed by atoms with Crippen molar-refractivity contribution < 1.29 is 0 Å². The van der Waals surface area contributed by atoms with E-state index < -0.39 is 0 Å². The molecule has 1 saturated carbocycles. The van der Waals surface area contributed by atoms with E-state index in [2.05, 4.69) is 54.3 Å². The SMILES string of the molecule is CC.CCP.Cc1cccc(CC2CCC(C)CC2)c1. The lowest BCUT2D eigenvalue weighted by Crippen LogP contribution is -2.14. The van der Waals surface area contributed by atoms with E-state index >= 15 is 0 Å². The predicted octanol–water partition coefficient (Wildman–Crippen LogP) is 6.27. The summed E-state index contributed by atoms with van der Waals surface area (Å²) >= 11 is 0. The minimum absolute atomic E-state index is 0.947. The quantitative estimate of drug-likeness (QED) is 0.564. The van der Waals surface area contributed by atoms with E-state index in [0.29, 0.717) is 0 Å². The minimum atomic E-state index is 0.947. The Hall–Kier alpha value is -0.350. The zero-order chi connectivity index (χ0) is 15.4. The summed E-state index contributed by atoms with van der Waals surface area (Å²) in [6.07, 6.45) is 8.23. The molecule has 1 aromatic rings. The van der Waals surface area contributed by atoms with Crippen molar-refractivity contribution in [3.63, 3.8) is 0 Å². The third-order valence-electron chi connectivity index (χ3n) is 3.74. The van der Waals surface area contributed by atoms with Gasteiger partial charge in [-0.15, -0.1) is 9.24 Å². The van der Waals surface area contributed by atoms with Crippen LogP contribution in [-0.2, 0) is 6.42 Å². The molecule has 1 atom stereocenters. The van der Waals surface area contributed by atoms with Gasteiger partial charge in [0.15, 0.2) is 0 Å². The topological polar surface area (TPSA) is 0 Å². The average molecular weight is 294 g/mol. The van der Waals surface area contributed by atoms with Crippen molar-refractivity contribution in [2.45, 2.75) is 66.7 Å². The number of aryl methyl sites for hydroxylation is 1. The van der Waals surface area contributed by atoms with Crippen LogP contribution in [0.5, 0.6) is 0 Å². The van der Waals surface area contributed by atoms with Gasteiger partial charge in [0.05, 0.1) is 0 Å². The Morgan fingerprint density at radius 2 is 1.65 bits per heavy atom. The van der Waals surface area contributed by atoms with Crippen LogP contribution in [0.2, 0.25) is 0 Å². The fraction of sp³-hybridized carbons (Fsp3) is 0.684. The molecule has 0 nitrogen and oxygen atoms in total. The van der Waals surface area contributed by atoms with Crippen LogP contribution in [0.1, 0.15) is 64.5 Å². The Kier molecular flexibility index (Phi) is 12.2.